The standard InChI is InChI=1S/C23H21NO5/c1-27-18-8-10-19(11-9-18)29-21-7-3-5-17(14-21)22(24)15-28-20-6-2-4-16(12-20)13-23(25)26/h2-12,14,24H,13,15H2,1H3,(H,25,26). The summed E-state index contributed by atoms with van der Waals surface area (Å²) in [5.74, 6) is 1.65. The van der Waals surface area contributed by atoms with Crippen molar-refractivity contribution in [3.8, 4) is 23.0 Å². The van der Waals surface area contributed by atoms with Gasteiger partial charge in [-0.2, -0.15) is 0 Å². The van der Waals surface area contributed by atoms with Crippen LogP contribution >= 0.6 is 0 Å². The van der Waals surface area contributed by atoms with E-state index < -0.39 is 5.97 Å². The molecule has 29 heavy (non-hydrogen) atoms. The lowest BCUT2D eigenvalue weighted by atomic mass is 10.1. The van der Waals surface area contributed by atoms with Crippen molar-refractivity contribution in [2.24, 2.45) is 0 Å². The highest BCUT2D eigenvalue weighted by atomic mass is 16.5. The van der Waals surface area contributed by atoms with Gasteiger partial charge in [-0.1, -0.05) is 24.3 Å². The van der Waals surface area contributed by atoms with E-state index in [0.29, 0.717) is 28.4 Å². The minimum absolute atomic E-state index is 0.0580. The molecule has 6 nitrogen and oxygen atoms in total. The molecule has 0 bridgehead atoms. The summed E-state index contributed by atoms with van der Waals surface area (Å²) in [5, 5.41) is 17.2. The molecule has 0 aliphatic heterocycles. The van der Waals surface area contributed by atoms with Gasteiger partial charge in [-0.05, 0) is 54.1 Å². The zero-order valence-electron chi connectivity index (χ0n) is 15.9. The van der Waals surface area contributed by atoms with E-state index in [1.54, 1.807) is 37.4 Å². The van der Waals surface area contributed by atoms with E-state index in [9.17, 15) is 4.79 Å². The number of aliphatic carboxylic acids is 1. The van der Waals surface area contributed by atoms with Crippen LogP contribution in [-0.2, 0) is 11.2 Å². The van der Waals surface area contributed by atoms with Gasteiger partial charge in [-0.15, -0.1) is 0 Å². The molecule has 0 fully saturated rings. The zero-order valence-corrected chi connectivity index (χ0v) is 15.9. The minimum atomic E-state index is -0.899. The van der Waals surface area contributed by atoms with Gasteiger partial charge in [0.05, 0.1) is 19.2 Å². The molecule has 0 amide bonds. The Morgan fingerprint density at radius 1 is 0.897 bits per heavy atom. The predicted molar refractivity (Wildman–Crippen MR) is 110 cm³/mol. The lowest BCUT2D eigenvalue weighted by Crippen LogP contribution is -2.12. The van der Waals surface area contributed by atoms with E-state index in [4.69, 9.17) is 24.7 Å². The molecule has 0 unspecified atom stereocenters. The normalized spacial score (nSPS) is 10.2. The van der Waals surface area contributed by atoms with E-state index in [-0.39, 0.29) is 18.7 Å². The molecular weight excluding hydrogens is 370 g/mol. The van der Waals surface area contributed by atoms with Crippen LogP contribution in [-0.4, -0.2) is 30.5 Å². The molecule has 0 atom stereocenters. The van der Waals surface area contributed by atoms with Crippen molar-refractivity contribution >= 4 is 11.7 Å². The molecule has 0 aliphatic carbocycles. The molecule has 148 valence electrons. The third kappa shape index (κ3) is 5.84. The number of rotatable bonds is 9. The number of carboxylic acids is 1. The van der Waals surface area contributed by atoms with Gasteiger partial charge in [-0.3, -0.25) is 4.79 Å². The largest absolute Gasteiger partial charge is 0.497 e. The molecule has 0 radical (unpaired) electrons. The molecule has 2 N–H and O–H groups in total. The van der Waals surface area contributed by atoms with E-state index in [1.807, 2.05) is 42.5 Å². The van der Waals surface area contributed by atoms with Crippen molar-refractivity contribution in [2.75, 3.05) is 13.7 Å². The number of hydrogen-bond donors (Lipinski definition) is 2. The average Bonchev–Trinajstić information content (AvgIpc) is 2.72. The van der Waals surface area contributed by atoms with E-state index in [0.717, 1.165) is 5.75 Å². The SMILES string of the molecule is COc1ccc(Oc2cccc(C(=N)COc3cccc(CC(=O)O)c3)c2)cc1. The van der Waals surface area contributed by atoms with Crippen LogP contribution < -0.4 is 14.2 Å². The van der Waals surface area contributed by atoms with Gasteiger partial charge in [0.1, 0.15) is 29.6 Å². The summed E-state index contributed by atoms with van der Waals surface area (Å²) in [6.45, 7) is 0.0580. The molecule has 3 rings (SSSR count). The highest BCUT2D eigenvalue weighted by molar-refractivity contribution is 5.99. The Bertz CT molecular complexity index is 998. The van der Waals surface area contributed by atoms with Gasteiger partial charge in [-0.25, -0.2) is 0 Å². The van der Waals surface area contributed by atoms with Crippen molar-refractivity contribution < 1.29 is 24.1 Å². The van der Waals surface area contributed by atoms with E-state index in [2.05, 4.69) is 0 Å². The molecular formula is C23H21NO5. The predicted octanol–water partition coefficient (Wildman–Crippen LogP) is 4.56. The van der Waals surface area contributed by atoms with Crippen LogP contribution in [0.2, 0.25) is 0 Å². The first-order chi connectivity index (χ1) is 14.0. The van der Waals surface area contributed by atoms with Crippen molar-refractivity contribution in [1.82, 2.24) is 0 Å². The van der Waals surface area contributed by atoms with Crippen LogP contribution in [0.3, 0.4) is 0 Å². The highest BCUT2D eigenvalue weighted by Gasteiger charge is 2.07. The third-order valence-corrected chi connectivity index (χ3v) is 4.11. The number of nitrogens with one attached hydrogen (secondary N) is 1. The zero-order chi connectivity index (χ0) is 20.6. The molecule has 0 saturated heterocycles. The first kappa shape index (κ1) is 19.9. The summed E-state index contributed by atoms with van der Waals surface area (Å²) in [5.41, 5.74) is 1.61. The summed E-state index contributed by atoms with van der Waals surface area (Å²) in [6, 6.07) is 21.3. The monoisotopic (exact) mass is 391 g/mol. The molecule has 0 saturated carbocycles. The highest BCUT2D eigenvalue weighted by Crippen LogP contribution is 2.24. The van der Waals surface area contributed by atoms with Gasteiger partial charge < -0.3 is 24.7 Å². The first-order valence-electron chi connectivity index (χ1n) is 8.97. The summed E-state index contributed by atoms with van der Waals surface area (Å²) < 4.78 is 16.6. The third-order valence-electron chi connectivity index (χ3n) is 4.11. The van der Waals surface area contributed by atoms with Crippen molar-refractivity contribution in [1.29, 1.82) is 5.41 Å². The number of carbonyl (C=O) groups is 1. The Labute approximate surface area is 168 Å². The molecule has 6 heteroatoms. The average molecular weight is 391 g/mol. The molecule has 0 heterocycles. The van der Waals surface area contributed by atoms with Crippen LogP contribution in [0.15, 0.2) is 72.8 Å². The Morgan fingerprint density at radius 2 is 1.59 bits per heavy atom. The molecule has 0 spiro atoms. The van der Waals surface area contributed by atoms with Crippen LogP contribution in [0.4, 0.5) is 0 Å². The Balaban J connectivity index is 1.62. The van der Waals surface area contributed by atoms with E-state index >= 15 is 0 Å². The minimum Gasteiger partial charge on any atom is -0.497 e. The van der Waals surface area contributed by atoms with Gasteiger partial charge in [0, 0.05) is 5.56 Å². The second kappa shape index (κ2) is 9.41. The Morgan fingerprint density at radius 3 is 2.31 bits per heavy atom. The maximum atomic E-state index is 10.8. The molecule has 0 aliphatic rings. The van der Waals surface area contributed by atoms with Gasteiger partial charge in [0.15, 0.2) is 0 Å². The number of carboxylic acid groups (broad SMARTS) is 1. The molecule has 3 aromatic rings. The number of methoxy groups -OCH3 is 1. The van der Waals surface area contributed by atoms with E-state index in [1.165, 1.54) is 0 Å². The Hall–Kier alpha value is -3.80. The lowest BCUT2D eigenvalue weighted by molar-refractivity contribution is -0.136. The first-order valence-corrected chi connectivity index (χ1v) is 8.97. The smallest absolute Gasteiger partial charge is 0.307 e. The number of benzene rings is 3. The quantitative estimate of drug-likeness (QED) is 0.522. The van der Waals surface area contributed by atoms with Gasteiger partial charge in [0.2, 0.25) is 0 Å². The fraction of sp³-hybridized carbons (Fsp3) is 0.130. The summed E-state index contributed by atoms with van der Waals surface area (Å²) in [7, 11) is 1.61. The van der Waals surface area contributed by atoms with Crippen molar-refractivity contribution in [3.05, 3.63) is 83.9 Å². The second-order valence-electron chi connectivity index (χ2n) is 6.29. The van der Waals surface area contributed by atoms with Gasteiger partial charge >= 0.3 is 5.97 Å². The van der Waals surface area contributed by atoms with Gasteiger partial charge in [0.25, 0.3) is 0 Å². The fourth-order valence-corrected chi connectivity index (χ4v) is 2.69. The molecule has 0 aromatic heterocycles. The van der Waals surface area contributed by atoms with Crippen LogP contribution in [0.1, 0.15) is 11.1 Å². The van der Waals surface area contributed by atoms with Crippen molar-refractivity contribution in [2.45, 2.75) is 6.42 Å². The number of hydrogen-bond acceptors (Lipinski definition) is 5. The maximum absolute atomic E-state index is 10.8. The van der Waals surface area contributed by atoms with Crippen LogP contribution in [0, 0.1) is 5.41 Å². The number of ether oxygens (including phenoxy) is 3. The summed E-state index contributed by atoms with van der Waals surface area (Å²) in [6.07, 6.45) is -0.0700. The summed E-state index contributed by atoms with van der Waals surface area (Å²) >= 11 is 0. The lowest BCUT2D eigenvalue weighted by Gasteiger charge is -2.11. The van der Waals surface area contributed by atoms with Crippen LogP contribution in [0.25, 0.3) is 0 Å². The fourth-order valence-electron chi connectivity index (χ4n) is 2.69. The van der Waals surface area contributed by atoms with Crippen molar-refractivity contribution in [3.63, 3.8) is 0 Å². The topological polar surface area (TPSA) is 88.8 Å². The second-order valence-corrected chi connectivity index (χ2v) is 6.29. The maximum Gasteiger partial charge on any atom is 0.307 e. The Kier molecular flexibility index (Phi) is 6.47. The molecule has 3 aromatic carbocycles. The van der Waals surface area contributed by atoms with Crippen LogP contribution in [0.5, 0.6) is 23.0 Å². The summed E-state index contributed by atoms with van der Waals surface area (Å²) in [4.78, 5) is 10.8.